The summed E-state index contributed by atoms with van der Waals surface area (Å²) in [6, 6.07) is 9.27. The Hall–Kier alpha value is -2.31. The molecule has 2 aromatic carbocycles. The van der Waals surface area contributed by atoms with Crippen molar-refractivity contribution in [3.8, 4) is 0 Å². The topological polar surface area (TPSA) is 89.5 Å². The van der Waals surface area contributed by atoms with Crippen LogP contribution >= 0.6 is 23.2 Å². The number of anilines is 1. The highest BCUT2D eigenvalue weighted by Crippen LogP contribution is 2.30. The summed E-state index contributed by atoms with van der Waals surface area (Å²) in [5.41, 5.74) is 6.27. The fraction of sp³-hybridized carbons (Fsp3) is 0.133. The quantitative estimate of drug-likeness (QED) is 0.656. The van der Waals surface area contributed by atoms with Crippen LogP contribution in [0.5, 0.6) is 0 Å². The summed E-state index contributed by atoms with van der Waals surface area (Å²) in [5, 5.41) is 12.1. The normalized spacial score (nSPS) is 10.4. The van der Waals surface area contributed by atoms with Gasteiger partial charge in [-0.1, -0.05) is 29.3 Å². The predicted octanol–water partition coefficient (Wildman–Crippen LogP) is 3.64. The molecule has 120 valence electrons. The summed E-state index contributed by atoms with van der Waals surface area (Å²) in [6.45, 7) is 0.383. The highest BCUT2D eigenvalue weighted by molar-refractivity contribution is 6.42. The molecule has 0 aliphatic rings. The van der Waals surface area contributed by atoms with Gasteiger partial charge in [0.1, 0.15) is 5.69 Å². The monoisotopic (exact) mass is 353 g/mol. The van der Waals surface area contributed by atoms with Crippen molar-refractivity contribution in [1.29, 1.82) is 0 Å². The number of hydrogen-bond donors (Lipinski definition) is 1. The second-order valence-electron chi connectivity index (χ2n) is 4.93. The predicted molar refractivity (Wildman–Crippen MR) is 90.2 cm³/mol. The van der Waals surface area contributed by atoms with Gasteiger partial charge in [0, 0.05) is 25.2 Å². The fourth-order valence-electron chi connectivity index (χ4n) is 2.14. The van der Waals surface area contributed by atoms with E-state index in [0.29, 0.717) is 22.3 Å². The molecule has 0 saturated heterocycles. The third-order valence-electron chi connectivity index (χ3n) is 3.27. The SMILES string of the molecule is CN(Cc1ccc(Cl)c(Cl)c1)c1ccc(C(N)=O)cc1[N+](=O)[O-]. The number of rotatable bonds is 5. The van der Waals surface area contributed by atoms with Gasteiger partial charge >= 0.3 is 0 Å². The third kappa shape index (κ3) is 3.91. The molecule has 0 aliphatic carbocycles. The van der Waals surface area contributed by atoms with Gasteiger partial charge in [0.05, 0.1) is 15.0 Å². The first-order chi connectivity index (χ1) is 10.8. The van der Waals surface area contributed by atoms with Gasteiger partial charge in [-0.3, -0.25) is 14.9 Å². The van der Waals surface area contributed by atoms with Gasteiger partial charge in [0.25, 0.3) is 5.69 Å². The number of nitrogens with zero attached hydrogens (tertiary/aromatic N) is 2. The molecule has 8 heteroatoms. The number of nitro benzene ring substituents is 1. The third-order valence-corrected chi connectivity index (χ3v) is 4.01. The van der Waals surface area contributed by atoms with Gasteiger partial charge in [-0.15, -0.1) is 0 Å². The second-order valence-corrected chi connectivity index (χ2v) is 5.74. The van der Waals surface area contributed by atoms with E-state index < -0.39 is 10.8 Å². The Morgan fingerprint density at radius 2 is 1.91 bits per heavy atom. The fourth-order valence-corrected chi connectivity index (χ4v) is 2.46. The Morgan fingerprint density at radius 3 is 2.48 bits per heavy atom. The minimum Gasteiger partial charge on any atom is -0.366 e. The number of carbonyl (C=O) groups is 1. The van der Waals surface area contributed by atoms with Crippen LogP contribution in [0.1, 0.15) is 15.9 Å². The molecule has 0 spiro atoms. The number of halogens is 2. The van der Waals surface area contributed by atoms with E-state index in [0.717, 1.165) is 5.56 Å². The Bertz CT molecular complexity index is 781. The summed E-state index contributed by atoms with van der Waals surface area (Å²) in [5.74, 6) is -0.716. The van der Waals surface area contributed by atoms with Crippen LogP contribution in [0.25, 0.3) is 0 Å². The lowest BCUT2D eigenvalue weighted by Crippen LogP contribution is -2.19. The first-order valence-corrected chi connectivity index (χ1v) is 7.28. The number of nitro groups is 1. The van der Waals surface area contributed by atoms with Crippen LogP contribution < -0.4 is 10.6 Å². The molecule has 0 heterocycles. The first-order valence-electron chi connectivity index (χ1n) is 6.53. The van der Waals surface area contributed by atoms with Gasteiger partial charge in [0.15, 0.2) is 0 Å². The summed E-state index contributed by atoms with van der Waals surface area (Å²) >= 11 is 11.8. The average molecular weight is 354 g/mol. The van der Waals surface area contributed by atoms with Crippen LogP contribution in [0.4, 0.5) is 11.4 Å². The second kappa shape index (κ2) is 6.85. The molecular weight excluding hydrogens is 341 g/mol. The molecule has 1 amide bonds. The number of nitrogens with two attached hydrogens (primary N) is 1. The minimum atomic E-state index is -0.716. The van der Waals surface area contributed by atoms with Crippen LogP contribution in [0, 0.1) is 10.1 Å². The number of hydrogen-bond acceptors (Lipinski definition) is 4. The van der Waals surface area contributed by atoms with E-state index in [1.165, 1.54) is 18.2 Å². The highest BCUT2D eigenvalue weighted by atomic mass is 35.5. The molecule has 2 aromatic rings. The van der Waals surface area contributed by atoms with E-state index in [1.54, 1.807) is 30.1 Å². The Labute approximate surface area is 142 Å². The van der Waals surface area contributed by atoms with E-state index in [2.05, 4.69) is 0 Å². The molecule has 2 N–H and O–H groups in total. The van der Waals surface area contributed by atoms with E-state index in [1.807, 2.05) is 0 Å². The van der Waals surface area contributed by atoms with Crippen molar-refractivity contribution in [3.63, 3.8) is 0 Å². The largest absolute Gasteiger partial charge is 0.366 e. The number of primary amides is 1. The van der Waals surface area contributed by atoms with Crippen molar-refractivity contribution in [2.24, 2.45) is 5.73 Å². The lowest BCUT2D eigenvalue weighted by atomic mass is 10.1. The Morgan fingerprint density at radius 1 is 1.22 bits per heavy atom. The van der Waals surface area contributed by atoms with Crippen molar-refractivity contribution in [2.75, 3.05) is 11.9 Å². The van der Waals surface area contributed by atoms with Gasteiger partial charge in [-0.25, -0.2) is 0 Å². The molecular formula is C15H13Cl2N3O3. The van der Waals surface area contributed by atoms with Gasteiger partial charge in [0.2, 0.25) is 5.91 Å². The van der Waals surface area contributed by atoms with Crippen molar-refractivity contribution in [1.82, 2.24) is 0 Å². The maximum Gasteiger partial charge on any atom is 0.293 e. The van der Waals surface area contributed by atoms with Crippen LogP contribution in [0.2, 0.25) is 10.0 Å². The van der Waals surface area contributed by atoms with Crippen molar-refractivity contribution in [2.45, 2.75) is 6.54 Å². The maximum absolute atomic E-state index is 11.2. The summed E-state index contributed by atoms with van der Waals surface area (Å²) in [7, 11) is 1.70. The zero-order valence-electron chi connectivity index (χ0n) is 12.1. The van der Waals surface area contributed by atoms with Gasteiger partial charge in [-0.05, 0) is 29.8 Å². The maximum atomic E-state index is 11.2. The molecule has 0 radical (unpaired) electrons. The van der Waals surface area contributed by atoms with Crippen LogP contribution in [0.3, 0.4) is 0 Å². The standard InChI is InChI=1S/C15H13Cl2N3O3/c1-19(8-9-2-4-11(16)12(17)6-9)13-5-3-10(15(18)21)7-14(13)20(22)23/h2-7H,8H2,1H3,(H2,18,21). The average Bonchev–Trinajstić information content (AvgIpc) is 2.50. The number of carbonyl (C=O) groups excluding carboxylic acids is 1. The minimum absolute atomic E-state index is 0.0865. The Kier molecular flexibility index (Phi) is 5.08. The zero-order chi connectivity index (χ0) is 17.1. The lowest BCUT2D eigenvalue weighted by molar-refractivity contribution is -0.384. The molecule has 2 rings (SSSR count). The number of amides is 1. The molecule has 0 fully saturated rings. The zero-order valence-corrected chi connectivity index (χ0v) is 13.6. The lowest BCUT2D eigenvalue weighted by Gasteiger charge is -2.20. The van der Waals surface area contributed by atoms with E-state index in [-0.39, 0.29) is 11.3 Å². The van der Waals surface area contributed by atoms with Gasteiger partial charge < -0.3 is 10.6 Å². The molecule has 0 bridgehead atoms. The number of benzene rings is 2. The van der Waals surface area contributed by atoms with Crippen molar-refractivity contribution < 1.29 is 9.72 Å². The first kappa shape index (κ1) is 17.1. The van der Waals surface area contributed by atoms with Crippen LogP contribution in [0.15, 0.2) is 36.4 Å². The van der Waals surface area contributed by atoms with E-state index in [4.69, 9.17) is 28.9 Å². The smallest absolute Gasteiger partial charge is 0.293 e. The van der Waals surface area contributed by atoms with Crippen LogP contribution in [-0.2, 0) is 6.54 Å². The van der Waals surface area contributed by atoms with Crippen LogP contribution in [-0.4, -0.2) is 17.9 Å². The summed E-state index contributed by atoms with van der Waals surface area (Å²) in [6.07, 6.45) is 0. The van der Waals surface area contributed by atoms with E-state index in [9.17, 15) is 14.9 Å². The molecule has 23 heavy (non-hydrogen) atoms. The Balaban J connectivity index is 2.34. The molecule has 0 atom stereocenters. The van der Waals surface area contributed by atoms with E-state index >= 15 is 0 Å². The highest BCUT2D eigenvalue weighted by Gasteiger charge is 2.19. The molecule has 0 aliphatic heterocycles. The molecule has 0 saturated carbocycles. The van der Waals surface area contributed by atoms with Gasteiger partial charge in [-0.2, -0.15) is 0 Å². The molecule has 0 unspecified atom stereocenters. The van der Waals surface area contributed by atoms with Crippen molar-refractivity contribution >= 4 is 40.5 Å². The summed E-state index contributed by atoms with van der Waals surface area (Å²) < 4.78 is 0. The van der Waals surface area contributed by atoms with Crippen molar-refractivity contribution in [3.05, 3.63) is 67.7 Å². The summed E-state index contributed by atoms with van der Waals surface area (Å²) in [4.78, 5) is 23.6. The molecule has 0 aromatic heterocycles. The molecule has 6 nitrogen and oxygen atoms in total.